The summed E-state index contributed by atoms with van der Waals surface area (Å²) in [5, 5.41) is 2.63. The van der Waals surface area contributed by atoms with Crippen LogP contribution in [0.5, 0.6) is 5.75 Å². The van der Waals surface area contributed by atoms with Crippen molar-refractivity contribution in [1.29, 1.82) is 0 Å². The molecule has 1 amide bonds. The van der Waals surface area contributed by atoms with E-state index in [4.69, 9.17) is 4.74 Å². The lowest BCUT2D eigenvalue weighted by atomic mass is 10.2. The van der Waals surface area contributed by atoms with Gasteiger partial charge in [-0.1, -0.05) is 37.3 Å². The van der Waals surface area contributed by atoms with Gasteiger partial charge in [-0.2, -0.15) is 0 Å². The number of carbonyl (C=O) groups excluding carboxylic acids is 1. The molecule has 2 rings (SSSR count). The topological polar surface area (TPSA) is 38.3 Å². The van der Waals surface area contributed by atoms with Gasteiger partial charge in [-0.15, -0.1) is 0 Å². The summed E-state index contributed by atoms with van der Waals surface area (Å²) < 4.78 is 18.8. The maximum atomic E-state index is 13.4. The molecule has 0 radical (unpaired) electrons. The molecule has 0 fully saturated rings. The van der Waals surface area contributed by atoms with Crippen LogP contribution in [0, 0.1) is 5.82 Å². The Balaban J connectivity index is 1.78. The van der Waals surface area contributed by atoms with Crippen molar-refractivity contribution < 1.29 is 13.9 Å². The van der Waals surface area contributed by atoms with Gasteiger partial charge in [-0.3, -0.25) is 4.79 Å². The van der Waals surface area contributed by atoms with Crippen molar-refractivity contribution in [2.75, 3.05) is 6.61 Å². The molecule has 4 heteroatoms. The monoisotopic (exact) mass is 287 g/mol. The van der Waals surface area contributed by atoms with E-state index in [-0.39, 0.29) is 24.9 Å². The van der Waals surface area contributed by atoms with Crippen LogP contribution in [-0.4, -0.2) is 12.5 Å². The molecule has 0 aliphatic heterocycles. The van der Waals surface area contributed by atoms with Crippen LogP contribution in [0.25, 0.3) is 0 Å². The maximum Gasteiger partial charge on any atom is 0.258 e. The van der Waals surface area contributed by atoms with Gasteiger partial charge >= 0.3 is 0 Å². The summed E-state index contributed by atoms with van der Waals surface area (Å²) in [4.78, 5) is 11.7. The molecule has 0 heterocycles. The number of hydrogen-bond donors (Lipinski definition) is 1. The Morgan fingerprint density at radius 1 is 1.14 bits per heavy atom. The predicted octanol–water partition coefficient (Wildman–Crippen LogP) is 3.08. The lowest BCUT2D eigenvalue weighted by Crippen LogP contribution is -2.28. The lowest BCUT2D eigenvalue weighted by molar-refractivity contribution is -0.123. The predicted molar refractivity (Wildman–Crippen MR) is 79.6 cm³/mol. The van der Waals surface area contributed by atoms with Gasteiger partial charge in [0.15, 0.2) is 6.61 Å². The first-order valence-corrected chi connectivity index (χ1v) is 6.91. The second kappa shape index (κ2) is 7.43. The zero-order chi connectivity index (χ0) is 15.1. The second-order valence-corrected chi connectivity index (χ2v) is 4.65. The molecule has 0 saturated carbocycles. The van der Waals surface area contributed by atoms with Gasteiger partial charge < -0.3 is 10.1 Å². The largest absolute Gasteiger partial charge is 0.484 e. The summed E-state index contributed by atoms with van der Waals surface area (Å²) in [6.07, 6.45) is 0.962. The molecule has 0 aliphatic rings. The first-order valence-electron chi connectivity index (χ1n) is 6.91. The molecule has 2 aromatic rings. The molecule has 0 aliphatic carbocycles. The van der Waals surface area contributed by atoms with E-state index in [2.05, 4.69) is 12.2 Å². The number of halogens is 1. The Kier molecular flexibility index (Phi) is 5.32. The SMILES string of the molecule is CCc1ccc(OCC(=O)NCc2ccccc2F)cc1. The molecule has 0 bridgehead atoms. The molecule has 0 atom stereocenters. The van der Waals surface area contributed by atoms with E-state index < -0.39 is 0 Å². The van der Waals surface area contributed by atoms with E-state index in [1.54, 1.807) is 18.2 Å². The first kappa shape index (κ1) is 15.0. The van der Waals surface area contributed by atoms with Crippen LogP contribution in [0.2, 0.25) is 0 Å². The highest BCUT2D eigenvalue weighted by Gasteiger charge is 2.05. The van der Waals surface area contributed by atoms with Crippen molar-refractivity contribution in [3.63, 3.8) is 0 Å². The van der Waals surface area contributed by atoms with Gasteiger partial charge in [0.2, 0.25) is 0 Å². The molecule has 1 N–H and O–H groups in total. The fourth-order valence-corrected chi connectivity index (χ4v) is 1.86. The molecular formula is C17H18FNO2. The van der Waals surface area contributed by atoms with E-state index in [0.717, 1.165) is 6.42 Å². The summed E-state index contributed by atoms with van der Waals surface area (Å²) in [5.41, 5.74) is 1.67. The minimum Gasteiger partial charge on any atom is -0.484 e. The normalized spacial score (nSPS) is 10.2. The van der Waals surface area contributed by atoms with Crippen molar-refractivity contribution in [3.05, 3.63) is 65.5 Å². The quantitative estimate of drug-likeness (QED) is 0.886. The molecule has 0 spiro atoms. The van der Waals surface area contributed by atoms with Gasteiger partial charge in [0.1, 0.15) is 11.6 Å². The van der Waals surface area contributed by atoms with Crippen LogP contribution in [-0.2, 0) is 17.8 Å². The Hall–Kier alpha value is -2.36. The zero-order valence-corrected chi connectivity index (χ0v) is 11.9. The second-order valence-electron chi connectivity index (χ2n) is 4.65. The Labute approximate surface area is 123 Å². The number of amides is 1. The maximum absolute atomic E-state index is 13.4. The molecule has 3 nitrogen and oxygen atoms in total. The third-order valence-corrected chi connectivity index (χ3v) is 3.14. The average Bonchev–Trinajstić information content (AvgIpc) is 2.52. The van der Waals surface area contributed by atoms with E-state index in [1.165, 1.54) is 11.6 Å². The highest BCUT2D eigenvalue weighted by atomic mass is 19.1. The minimum absolute atomic E-state index is 0.0834. The summed E-state index contributed by atoms with van der Waals surface area (Å²) in [7, 11) is 0. The number of aryl methyl sites for hydroxylation is 1. The molecule has 0 aromatic heterocycles. The highest BCUT2D eigenvalue weighted by molar-refractivity contribution is 5.77. The molecule has 0 unspecified atom stereocenters. The van der Waals surface area contributed by atoms with Crippen LogP contribution >= 0.6 is 0 Å². The van der Waals surface area contributed by atoms with E-state index in [0.29, 0.717) is 11.3 Å². The first-order chi connectivity index (χ1) is 10.2. The van der Waals surface area contributed by atoms with Gasteiger partial charge in [-0.25, -0.2) is 4.39 Å². The summed E-state index contributed by atoms with van der Waals surface area (Å²) in [6.45, 7) is 2.15. The molecular weight excluding hydrogens is 269 g/mol. The van der Waals surface area contributed by atoms with Crippen molar-refractivity contribution in [2.24, 2.45) is 0 Å². The van der Waals surface area contributed by atoms with Gasteiger partial charge in [0, 0.05) is 12.1 Å². The number of hydrogen-bond acceptors (Lipinski definition) is 2. The third kappa shape index (κ3) is 4.60. The molecule has 0 saturated heterocycles. The van der Waals surface area contributed by atoms with Crippen LogP contribution in [0.3, 0.4) is 0 Å². The number of rotatable bonds is 6. The Morgan fingerprint density at radius 3 is 2.52 bits per heavy atom. The van der Waals surface area contributed by atoms with E-state index in [1.807, 2.05) is 24.3 Å². The molecule has 110 valence electrons. The van der Waals surface area contributed by atoms with E-state index in [9.17, 15) is 9.18 Å². The smallest absolute Gasteiger partial charge is 0.258 e. The lowest BCUT2D eigenvalue weighted by Gasteiger charge is -2.08. The van der Waals surface area contributed by atoms with Crippen LogP contribution in [0.15, 0.2) is 48.5 Å². The van der Waals surface area contributed by atoms with Gasteiger partial charge in [0.25, 0.3) is 5.91 Å². The summed E-state index contributed by atoms with van der Waals surface area (Å²) in [5.74, 6) is 0.0416. The number of ether oxygens (including phenoxy) is 1. The number of nitrogens with one attached hydrogen (secondary N) is 1. The fraction of sp³-hybridized carbons (Fsp3) is 0.235. The van der Waals surface area contributed by atoms with Crippen molar-refractivity contribution in [2.45, 2.75) is 19.9 Å². The van der Waals surface area contributed by atoms with Crippen LogP contribution in [0.4, 0.5) is 4.39 Å². The Morgan fingerprint density at radius 2 is 1.86 bits per heavy atom. The molecule has 21 heavy (non-hydrogen) atoms. The van der Waals surface area contributed by atoms with Gasteiger partial charge in [0.05, 0.1) is 0 Å². The number of carbonyl (C=O) groups is 1. The fourth-order valence-electron chi connectivity index (χ4n) is 1.86. The van der Waals surface area contributed by atoms with Crippen molar-refractivity contribution in [3.8, 4) is 5.75 Å². The summed E-state index contributed by atoms with van der Waals surface area (Å²) >= 11 is 0. The number of benzene rings is 2. The van der Waals surface area contributed by atoms with Crippen LogP contribution < -0.4 is 10.1 Å². The van der Waals surface area contributed by atoms with E-state index >= 15 is 0 Å². The van der Waals surface area contributed by atoms with Gasteiger partial charge in [-0.05, 0) is 30.2 Å². The average molecular weight is 287 g/mol. The minimum atomic E-state index is -0.325. The molecule has 2 aromatic carbocycles. The van der Waals surface area contributed by atoms with Crippen molar-refractivity contribution in [1.82, 2.24) is 5.32 Å². The third-order valence-electron chi connectivity index (χ3n) is 3.14. The summed E-state index contributed by atoms with van der Waals surface area (Å²) in [6, 6.07) is 14.0. The van der Waals surface area contributed by atoms with Crippen LogP contribution in [0.1, 0.15) is 18.1 Å². The zero-order valence-electron chi connectivity index (χ0n) is 11.9. The standard InChI is InChI=1S/C17H18FNO2/c1-2-13-7-9-15(10-8-13)21-12-17(20)19-11-14-5-3-4-6-16(14)18/h3-10H,2,11-12H2,1H3,(H,19,20). The highest BCUT2D eigenvalue weighted by Crippen LogP contribution is 2.12. The Bertz CT molecular complexity index is 596. The van der Waals surface area contributed by atoms with Crippen molar-refractivity contribution >= 4 is 5.91 Å².